The van der Waals surface area contributed by atoms with Gasteiger partial charge in [-0.15, -0.1) is 0 Å². The number of hydrogen-bond donors (Lipinski definition) is 2. The topological polar surface area (TPSA) is 33.5 Å². The van der Waals surface area contributed by atoms with Crippen molar-refractivity contribution in [2.45, 2.75) is 57.3 Å². The van der Waals surface area contributed by atoms with Crippen LogP contribution in [-0.2, 0) is 17.9 Å². The molecule has 166 valence electrons. The quantitative estimate of drug-likeness (QED) is 0.494. The van der Waals surface area contributed by atoms with Crippen molar-refractivity contribution in [3.8, 4) is 0 Å². The summed E-state index contributed by atoms with van der Waals surface area (Å²) in [7, 11) is 0. The molecule has 0 bridgehead atoms. The largest absolute Gasteiger partial charge is 0.348 e. The maximum atomic E-state index is 13.8. The first-order valence-electron chi connectivity index (χ1n) is 11.7. The summed E-state index contributed by atoms with van der Waals surface area (Å²) in [6, 6.07) is 28.6. The minimum atomic E-state index is -0.311. The molecule has 1 atom stereocenters. The first-order chi connectivity index (χ1) is 15.7. The van der Waals surface area contributed by atoms with Crippen molar-refractivity contribution in [2.75, 3.05) is 0 Å². The SMILES string of the molecule is O=C(NC1CCCCC1)C(c1ccc(Cl)cc1)[NH+](Cc1ccccc1)Cc1ccccc1. The monoisotopic (exact) mass is 447 g/mol. The van der Waals surface area contributed by atoms with E-state index in [0.717, 1.165) is 31.5 Å². The maximum absolute atomic E-state index is 13.8. The van der Waals surface area contributed by atoms with Crippen LogP contribution in [-0.4, -0.2) is 11.9 Å². The molecule has 1 aliphatic carbocycles. The van der Waals surface area contributed by atoms with Gasteiger partial charge in [-0.3, -0.25) is 4.79 Å². The minimum Gasteiger partial charge on any atom is -0.348 e. The lowest BCUT2D eigenvalue weighted by atomic mass is 9.94. The fourth-order valence-corrected chi connectivity index (χ4v) is 4.87. The van der Waals surface area contributed by atoms with Crippen LogP contribution < -0.4 is 10.2 Å². The Balaban J connectivity index is 1.66. The number of halogens is 1. The minimum absolute atomic E-state index is 0.112. The number of nitrogens with one attached hydrogen (secondary N) is 2. The molecule has 0 radical (unpaired) electrons. The zero-order chi connectivity index (χ0) is 22.2. The average molecular weight is 448 g/mol. The second kappa shape index (κ2) is 11.3. The second-order valence-electron chi connectivity index (χ2n) is 8.81. The second-order valence-corrected chi connectivity index (χ2v) is 9.25. The van der Waals surface area contributed by atoms with E-state index < -0.39 is 0 Å². The van der Waals surface area contributed by atoms with Crippen molar-refractivity contribution in [3.63, 3.8) is 0 Å². The average Bonchev–Trinajstić information content (AvgIpc) is 2.82. The normalized spacial score (nSPS) is 15.4. The molecule has 0 aliphatic heterocycles. The van der Waals surface area contributed by atoms with Gasteiger partial charge in [0.25, 0.3) is 5.91 Å². The summed E-state index contributed by atoms with van der Waals surface area (Å²) in [6.07, 6.45) is 5.81. The fraction of sp³-hybridized carbons (Fsp3) is 0.321. The molecular formula is C28H32ClN2O+. The van der Waals surface area contributed by atoms with Gasteiger partial charge in [-0.2, -0.15) is 0 Å². The zero-order valence-corrected chi connectivity index (χ0v) is 19.2. The molecule has 2 N–H and O–H groups in total. The van der Waals surface area contributed by atoms with Gasteiger partial charge in [-0.1, -0.05) is 104 Å². The van der Waals surface area contributed by atoms with Crippen LogP contribution in [0.15, 0.2) is 84.9 Å². The molecule has 0 aromatic heterocycles. The van der Waals surface area contributed by atoms with Crippen LogP contribution in [0.3, 0.4) is 0 Å². The van der Waals surface area contributed by atoms with E-state index in [9.17, 15) is 4.79 Å². The number of amides is 1. The molecule has 1 unspecified atom stereocenters. The van der Waals surface area contributed by atoms with Gasteiger partial charge >= 0.3 is 0 Å². The van der Waals surface area contributed by atoms with Crippen molar-refractivity contribution in [1.29, 1.82) is 0 Å². The molecule has 0 heterocycles. The van der Waals surface area contributed by atoms with E-state index in [1.807, 2.05) is 36.4 Å². The number of carbonyl (C=O) groups excluding carboxylic acids is 1. The molecule has 3 aromatic carbocycles. The number of benzene rings is 3. The molecule has 3 nitrogen and oxygen atoms in total. The Morgan fingerprint density at radius 2 is 1.34 bits per heavy atom. The third-order valence-electron chi connectivity index (χ3n) is 6.37. The van der Waals surface area contributed by atoms with E-state index in [-0.39, 0.29) is 18.0 Å². The number of carbonyl (C=O) groups is 1. The Hall–Kier alpha value is -2.62. The number of quaternary nitrogens is 1. The number of hydrogen-bond acceptors (Lipinski definition) is 1. The van der Waals surface area contributed by atoms with Crippen molar-refractivity contribution in [1.82, 2.24) is 5.32 Å². The van der Waals surface area contributed by atoms with Gasteiger partial charge in [-0.05, 0) is 25.0 Å². The Morgan fingerprint density at radius 1 is 0.812 bits per heavy atom. The molecule has 1 amide bonds. The highest BCUT2D eigenvalue weighted by Gasteiger charge is 2.33. The van der Waals surface area contributed by atoms with Gasteiger partial charge in [0.2, 0.25) is 0 Å². The summed E-state index contributed by atoms with van der Waals surface area (Å²) in [4.78, 5) is 15.0. The van der Waals surface area contributed by atoms with Gasteiger partial charge in [0.15, 0.2) is 6.04 Å². The summed E-state index contributed by atoms with van der Waals surface area (Å²) in [5.41, 5.74) is 3.45. The molecule has 1 fully saturated rings. The van der Waals surface area contributed by atoms with E-state index in [0.29, 0.717) is 5.02 Å². The smallest absolute Gasteiger partial charge is 0.283 e. The third kappa shape index (κ3) is 6.21. The molecule has 0 saturated heterocycles. The Morgan fingerprint density at radius 3 is 1.88 bits per heavy atom. The highest BCUT2D eigenvalue weighted by molar-refractivity contribution is 6.30. The summed E-state index contributed by atoms with van der Waals surface area (Å²) in [5, 5.41) is 4.08. The van der Waals surface area contributed by atoms with Crippen molar-refractivity contribution < 1.29 is 9.69 Å². The molecule has 4 heteroatoms. The van der Waals surface area contributed by atoms with Crippen LogP contribution in [0.4, 0.5) is 0 Å². The van der Waals surface area contributed by atoms with E-state index in [1.165, 1.54) is 35.3 Å². The maximum Gasteiger partial charge on any atom is 0.283 e. The lowest BCUT2D eigenvalue weighted by Gasteiger charge is -2.31. The molecule has 4 rings (SSSR count). The van der Waals surface area contributed by atoms with Crippen LogP contribution in [0.1, 0.15) is 54.8 Å². The Bertz CT molecular complexity index is 928. The summed E-state index contributed by atoms with van der Waals surface area (Å²) >= 11 is 6.18. The molecule has 32 heavy (non-hydrogen) atoms. The van der Waals surface area contributed by atoms with Gasteiger partial charge in [0, 0.05) is 27.8 Å². The van der Waals surface area contributed by atoms with E-state index in [4.69, 9.17) is 11.6 Å². The Kier molecular flexibility index (Phi) is 7.97. The lowest BCUT2D eigenvalue weighted by molar-refractivity contribution is -0.949. The summed E-state index contributed by atoms with van der Waals surface area (Å²) in [5.74, 6) is 0.112. The van der Waals surface area contributed by atoms with Crippen LogP contribution in [0.2, 0.25) is 5.02 Å². The highest BCUT2D eigenvalue weighted by Crippen LogP contribution is 2.20. The first-order valence-corrected chi connectivity index (χ1v) is 12.0. The molecule has 1 aliphatic rings. The van der Waals surface area contributed by atoms with E-state index in [1.54, 1.807) is 0 Å². The first kappa shape index (κ1) is 22.6. The standard InChI is InChI=1S/C28H31ClN2O/c29-25-18-16-24(17-19-25)27(28(32)30-26-14-8-3-9-15-26)31(20-22-10-4-1-5-11-22)21-23-12-6-2-7-13-23/h1-2,4-7,10-13,16-19,26-27H,3,8-9,14-15,20-21H2,(H,30,32)/p+1. The molecule has 1 saturated carbocycles. The number of rotatable bonds is 8. The van der Waals surface area contributed by atoms with Crippen LogP contribution >= 0.6 is 11.6 Å². The van der Waals surface area contributed by atoms with Gasteiger partial charge < -0.3 is 10.2 Å². The van der Waals surface area contributed by atoms with Gasteiger partial charge in [-0.25, -0.2) is 0 Å². The summed E-state index contributed by atoms with van der Waals surface area (Å²) < 4.78 is 0. The molecular weight excluding hydrogens is 416 g/mol. The molecule has 0 spiro atoms. The zero-order valence-electron chi connectivity index (χ0n) is 18.5. The lowest BCUT2D eigenvalue weighted by Crippen LogP contribution is -3.11. The van der Waals surface area contributed by atoms with Crippen LogP contribution in [0.5, 0.6) is 0 Å². The highest BCUT2D eigenvalue weighted by atomic mass is 35.5. The van der Waals surface area contributed by atoms with Crippen molar-refractivity contribution in [2.24, 2.45) is 0 Å². The van der Waals surface area contributed by atoms with Crippen molar-refractivity contribution in [3.05, 3.63) is 107 Å². The Labute approximate surface area is 196 Å². The fourth-order valence-electron chi connectivity index (χ4n) is 4.74. The van der Waals surface area contributed by atoms with E-state index in [2.05, 4.69) is 53.8 Å². The van der Waals surface area contributed by atoms with Gasteiger partial charge in [0.1, 0.15) is 13.1 Å². The van der Waals surface area contributed by atoms with Crippen LogP contribution in [0.25, 0.3) is 0 Å². The van der Waals surface area contributed by atoms with E-state index >= 15 is 0 Å². The predicted octanol–water partition coefficient (Wildman–Crippen LogP) is 5.12. The molecule has 3 aromatic rings. The predicted molar refractivity (Wildman–Crippen MR) is 130 cm³/mol. The third-order valence-corrected chi connectivity index (χ3v) is 6.63. The van der Waals surface area contributed by atoms with Crippen LogP contribution in [0, 0.1) is 0 Å². The summed E-state index contributed by atoms with van der Waals surface area (Å²) in [6.45, 7) is 1.53. The van der Waals surface area contributed by atoms with Gasteiger partial charge in [0.05, 0.1) is 0 Å². The van der Waals surface area contributed by atoms with Crippen molar-refractivity contribution >= 4 is 17.5 Å².